The molecular weight excluding hydrogens is 260 g/mol. The molecule has 1 heterocycles. The first-order valence-corrected chi connectivity index (χ1v) is 7.69. The Balaban J connectivity index is 2.15. The van der Waals surface area contributed by atoms with Gasteiger partial charge in [-0.3, -0.25) is 9.69 Å². The van der Waals surface area contributed by atoms with Gasteiger partial charge in [-0.15, -0.1) is 11.8 Å². The summed E-state index contributed by atoms with van der Waals surface area (Å²) in [6.07, 6.45) is 2.05. The van der Waals surface area contributed by atoms with E-state index >= 15 is 0 Å². The highest BCUT2D eigenvalue weighted by atomic mass is 32.2. The van der Waals surface area contributed by atoms with Gasteiger partial charge < -0.3 is 10.4 Å². The van der Waals surface area contributed by atoms with E-state index in [2.05, 4.69) is 47.7 Å². The molecule has 1 saturated heterocycles. The molecule has 0 bridgehead atoms. The summed E-state index contributed by atoms with van der Waals surface area (Å²) in [7, 11) is 0. The van der Waals surface area contributed by atoms with Crippen LogP contribution in [0.2, 0.25) is 0 Å². The third-order valence-corrected chi connectivity index (χ3v) is 4.41. The predicted octanol–water partition coefficient (Wildman–Crippen LogP) is 1.83. The first-order valence-electron chi connectivity index (χ1n) is 6.46. The number of carbonyl (C=O) groups is 1. The lowest BCUT2D eigenvalue weighted by atomic mass is 10.0. The van der Waals surface area contributed by atoms with Gasteiger partial charge in [0.1, 0.15) is 6.04 Å². The fourth-order valence-electron chi connectivity index (χ4n) is 2.49. The Morgan fingerprint density at radius 3 is 2.74 bits per heavy atom. The van der Waals surface area contributed by atoms with Crippen molar-refractivity contribution in [2.24, 2.45) is 0 Å². The fourth-order valence-corrected chi connectivity index (χ4v) is 2.89. The first kappa shape index (κ1) is 14.4. The number of thioether (sulfide) groups is 1. The molecule has 2 rings (SSSR count). The van der Waals surface area contributed by atoms with Gasteiger partial charge in [0.25, 0.3) is 0 Å². The van der Waals surface area contributed by atoms with Crippen molar-refractivity contribution in [1.29, 1.82) is 0 Å². The molecular formula is C14H20N2O2S. The molecule has 5 heteroatoms. The van der Waals surface area contributed by atoms with Gasteiger partial charge in [0, 0.05) is 30.6 Å². The van der Waals surface area contributed by atoms with Crippen molar-refractivity contribution in [3.05, 3.63) is 29.8 Å². The van der Waals surface area contributed by atoms with Crippen LogP contribution in [0.25, 0.3) is 0 Å². The van der Waals surface area contributed by atoms with E-state index in [1.54, 1.807) is 11.8 Å². The van der Waals surface area contributed by atoms with Crippen molar-refractivity contribution in [2.45, 2.75) is 23.9 Å². The molecule has 104 valence electrons. The maximum atomic E-state index is 11.3. The van der Waals surface area contributed by atoms with Crippen LogP contribution in [0, 0.1) is 0 Å². The topological polar surface area (TPSA) is 52.6 Å². The van der Waals surface area contributed by atoms with Crippen molar-refractivity contribution in [2.75, 3.05) is 25.9 Å². The molecule has 1 aliphatic heterocycles. The molecule has 0 spiro atoms. The molecule has 0 saturated carbocycles. The largest absolute Gasteiger partial charge is 0.480 e. The van der Waals surface area contributed by atoms with Gasteiger partial charge in [0.2, 0.25) is 0 Å². The Morgan fingerprint density at radius 2 is 2.16 bits per heavy atom. The van der Waals surface area contributed by atoms with Gasteiger partial charge >= 0.3 is 5.97 Å². The molecule has 0 aliphatic carbocycles. The van der Waals surface area contributed by atoms with Gasteiger partial charge in [-0.1, -0.05) is 12.1 Å². The van der Waals surface area contributed by atoms with Crippen LogP contribution in [0.15, 0.2) is 29.2 Å². The molecule has 1 aromatic carbocycles. The number of nitrogens with one attached hydrogen (secondary N) is 1. The number of benzene rings is 1. The number of nitrogens with zero attached hydrogens (tertiary/aromatic N) is 1. The summed E-state index contributed by atoms with van der Waals surface area (Å²) in [5, 5.41) is 12.4. The van der Waals surface area contributed by atoms with Crippen LogP contribution in [0.5, 0.6) is 0 Å². The predicted molar refractivity (Wildman–Crippen MR) is 77.6 cm³/mol. The molecule has 2 unspecified atom stereocenters. The van der Waals surface area contributed by atoms with E-state index in [1.807, 2.05) is 0 Å². The third-order valence-electron chi connectivity index (χ3n) is 3.67. The molecule has 2 atom stereocenters. The van der Waals surface area contributed by atoms with Gasteiger partial charge in [0.15, 0.2) is 0 Å². The van der Waals surface area contributed by atoms with Crippen molar-refractivity contribution in [3.63, 3.8) is 0 Å². The average molecular weight is 280 g/mol. The highest BCUT2D eigenvalue weighted by Gasteiger charge is 2.31. The number of carboxylic acids is 1. The molecule has 1 fully saturated rings. The molecule has 1 aliphatic rings. The van der Waals surface area contributed by atoms with Crippen LogP contribution >= 0.6 is 11.8 Å². The summed E-state index contributed by atoms with van der Waals surface area (Å²) in [5.41, 5.74) is 1.17. The molecule has 0 amide bonds. The molecule has 0 aromatic heterocycles. The highest BCUT2D eigenvalue weighted by Crippen LogP contribution is 2.25. The monoisotopic (exact) mass is 280 g/mol. The lowest BCUT2D eigenvalue weighted by molar-refractivity contribution is -0.145. The minimum absolute atomic E-state index is 0.124. The summed E-state index contributed by atoms with van der Waals surface area (Å²) in [5.74, 6) is -0.750. The molecule has 4 nitrogen and oxygen atoms in total. The van der Waals surface area contributed by atoms with E-state index < -0.39 is 12.0 Å². The fraction of sp³-hybridized carbons (Fsp3) is 0.500. The zero-order valence-corrected chi connectivity index (χ0v) is 12.1. The highest BCUT2D eigenvalue weighted by molar-refractivity contribution is 7.98. The zero-order chi connectivity index (χ0) is 13.8. The van der Waals surface area contributed by atoms with Crippen LogP contribution < -0.4 is 5.32 Å². The van der Waals surface area contributed by atoms with E-state index in [-0.39, 0.29) is 6.04 Å². The Kier molecular flexibility index (Phi) is 4.85. The number of piperazine rings is 1. The van der Waals surface area contributed by atoms with Crippen LogP contribution in [-0.2, 0) is 4.79 Å². The van der Waals surface area contributed by atoms with Crippen LogP contribution in [0.3, 0.4) is 0 Å². The van der Waals surface area contributed by atoms with Gasteiger partial charge in [-0.05, 0) is 30.9 Å². The normalized spacial score (nSPS) is 22.1. The maximum absolute atomic E-state index is 11.3. The quantitative estimate of drug-likeness (QED) is 0.824. The second kappa shape index (κ2) is 6.41. The first-order chi connectivity index (χ1) is 9.13. The van der Waals surface area contributed by atoms with Crippen LogP contribution in [0.4, 0.5) is 0 Å². The average Bonchev–Trinajstić information content (AvgIpc) is 2.46. The number of aliphatic carboxylic acids is 1. The number of rotatable bonds is 4. The smallest absolute Gasteiger partial charge is 0.322 e. The standard InChI is InChI=1S/C14H20N2O2S/c1-10(11-3-5-12(19-2)6-4-11)16-8-7-15-9-13(16)14(17)18/h3-6,10,13,15H,7-9H2,1-2H3,(H,17,18). The van der Waals surface area contributed by atoms with Crippen molar-refractivity contribution in [1.82, 2.24) is 10.2 Å². The molecule has 0 radical (unpaired) electrons. The summed E-state index contributed by atoms with van der Waals surface area (Å²) < 4.78 is 0. The lowest BCUT2D eigenvalue weighted by Gasteiger charge is -2.38. The minimum Gasteiger partial charge on any atom is -0.480 e. The van der Waals surface area contributed by atoms with Crippen LogP contribution in [0.1, 0.15) is 18.5 Å². The van der Waals surface area contributed by atoms with Crippen LogP contribution in [-0.4, -0.2) is 47.9 Å². The summed E-state index contributed by atoms with van der Waals surface area (Å²) in [6, 6.07) is 8.06. The summed E-state index contributed by atoms with van der Waals surface area (Å²) >= 11 is 1.71. The van der Waals surface area contributed by atoms with Gasteiger partial charge in [-0.25, -0.2) is 0 Å². The second-order valence-electron chi connectivity index (χ2n) is 4.75. The molecule has 1 aromatic rings. The van der Waals surface area contributed by atoms with Crippen molar-refractivity contribution < 1.29 is 9.90 Å². The minimum atomic E-state index is -0.750. The van der Waals surface area contributed by atoms with E-state index in [4.69, 9.17) is 0 Å². The maximum Gasteiger partial charge on any atom is 0.322 e. The second-order valence-corrected chi connectivity index (χ2v) is 5.62. The van der Waals surface area contributed by atoms with Crippen molar-refractivity contribution in [3.8, 4) is 0 Å². The van der Waals surface area contributed by atoms with Crippen molar-refractivity contribution >= 4 is 17.7 Å². The SMILES string of the molecule is CSc1ccc(C(C)N2CCNCC2C(=O)O)cc1. The third kappa shape index (κ3) is 3.29. The van der Waals surface area contributed by atoms with E-state index in [0.717, 1.165) is 13.1 Å². The molecule has 2 N–H and O–H groups in total. The number of hydrogen-bond acceptors (Lipinski definition) is 4. The lowest BCUT2D eigenvalue weighted by Crippen LogP contribution is -2.55. The molecule has 19 heavy (non-hydrogen) atoms. The number of carboxylic acid groups (broad SMARTS) is 1. The summed E-state index contributed by atoms with van der Waals surface area (Å²) in [6.45, 7) is 4.21. The van der Waals surface area contributed by atoms with E-state index in [9.17, 15) is 9.90 Å². The summed E-state index contributed by atoms with van der Waals surface area (Å²) in [4.78, 5) is 14.6. The number of hydrogen-bond donors (Lipinski definition) is 2. The van der Waals surface area contributed by atoms with Gasteiger partial charge in [-0.2, -0.15) is 0 Å². The van der Waals surface area contributed by atoms with E-state index in [1.165, 1.54) is 10.5 Å². The Hall–Kier alpha value is -1.04. The Labute approximate surface area is 118 Å². The Morgan fingerprint density at radius 1 is 1.47 bits per heavy atom. The van der Waals surface area contributed by atoms with Gasteiger partial charge in [0.05, 0.1) is 0 Å². The van der Waals surface area contributed by atoms with E-state index in [0.29, 0.717) is 6.54 Å². The Bertz CT molecular complexity index is 436. The zero-order valence-electron chi connectivity index (χ0n) is 11.3.